The Hall–Kier alpha value is -2.63. The van der Waals surface area contributed by atoms with E-state index in [0.717, 1.165) is 37.2 Å². The molecule has 4 nitrogen and oxygen atoms in total. The van der Waals surface area contributed by atoms with Crippen molar-refractivity contribution < 1.29 is 8.42 Å². The van der Waals surface area contributed by atoms with E-state index < -0.39 is 10.0 Å². The summed E-state index contributed by atoms with van der Waals surface area (Å²) in [5.41, 5.74) is 3.24. The number of hydrogen-bond acceptors (Lipinski definition) is 3. The number of nitrogens with zero attached hydrogens (tertiary/aromatic N) is 2. The summed E-state index contributed by atoms with van der Waals surface area (Å²) in [6, 6.07) is 28.2. The first-order valence-corrected chi connectivity index (χ1v) is 14.4. The number of piperidine rings is 1. The monoisotopic (exact) mass is 488 g/mol. The molecule has 184 valence electrons. The number of para-hydroxylation sites is 1. The normalized spacial score (nSPS) is 22.1. The minimum atomic E-state index is -3.66. The summed E-state index contributed by atoms with van der Waals surface area (Å²) in [6.07, 6.45) is 6.74. The second-order valence-corrected chi connectivity index (χ2v) is 11.9. The zero-order valence-electron chi connectivity index (χ0n) is 20.6. The van der Waals surface area contributed by atoms with Crippen LogP contribution in [0.3, 0.4) is 0 Å². The standard InChI is InChI=1S/C30H36N2O2S/c1-24-12-8-10-18-29(24)32(35(33,34)27-15-6-3-7-16-27)26-20-22-31(23-21-26)30-19-11-9-17-28(30)25-13-4-2-5-14-25/h2-8,10,12-16,18,26,28,30H,9,11,17,19-23H2,1H3/t28-,30-/m1/s1. The Morgan fingerprint density at radius 1 is 0.743 bits per heavy atom. The van der Waals surface area contributed by atoms with E-state index in [2.05, 4.69) is 35.2 Å². The van der Waals surface area contributed by atoms with Crippen molar-refractivity contribution in [2.75, 3.05) is 17.4 Å². The summed E-state index contributed by atoms with van der Waals surface area (Å²) in [7, 11) is -3.66. The number of anilines is 1. The van der Waals surface area contributed by atoms with E-state index in [1.165, 1.54) is 31.2 Å². The summed E-state index contributed by atoms with van der Waals surface area (Å²) in [4.78, 5) is 3.01. The van der Waals surface area contributed by atoms with Gasteiger partial charge < -0.3 is 0 Å². The minimum Gasteiger partial charge on any atom is -0.300 e. The van der Waals surface area contributed by atoms with Crippen LogP contribution in [-0.4, -0.2) is 38.5 Å². The largest absolute Gasteiger partial charge is 0.300 e. The third kappa shape index (κ3) is 5.03. The third-order valence-electron chi connectivity index (χ3n) is 7.91. The first-order chi connectivity index (χ1) is 17.1. The molecule has 0 bridgehead atoms. The summed E-state index contributed by atoms with van der Waals surface area (Å²) < 4.78 is 29.6. The molecular weight excluding hydrogens is 452 g/mol. The fourth-order valence-corrected chi connectivity index (χ4v) is 7.92. The number of benzene rings is 3. The van der Waals surface area contributed by atoms with E-state index in [-0.39, 0.29) is 6.04 Å². The van der Waals surface area contributed by atoms with Crippen LogP contribution < -0.4 is 4.31 Å². The average molecular weight is 489 g/mol. The van der Waals surface area contributed by atoms with Crippen LogP contribution in [0.4, 0.5) is 5.69 Å². The zero-order chi connectivity index (χ0) is 24.3. The molecule has 0 spiro atoms. The predicted octanol–water partition coefficient (Wildman–Crippen LogP) is 6.38. The highest BCUT2D eigenvalue weighted by Gasteiger charge is 2.38. The minimum absolute atomic E-state index is 0.0451. The molecule has 1 heterocycles. The van der Waals surface area contributed by atoms with Crippen LogP contribution >= 0.6 is 0 Å². The first-order valence-electron chi connectivity index (χ1n) is 13.0. The van der Waals surface area contributed by atoms with Crippen LogP contribution in [0.1, 0.15) is 55.6 Å². The Labute approximate surface area is 210 Å². The summed E-state index contributed by atoms with van der Waals surface area (Å²) in [6.45, 7) is 3.88. The Balaban J connectivity index is 1.39. The lowest BCUT2D eigenvalue weighted by atomic mass is 9.78. The molecule has 35 heavy (non-hydrogen) atoms. The van der Waals surface area contributed by atoms with E-state index >= 15 is 0 Å². The van der Waals surface area contributed by atoms with E-state index in [1.54, 1.807) is 28.6 Å². The molecule has 1 aliphatic heterocycles. The quantitative estimate of drug-likeness (QED) is 0.404. The number of rotatable bonds is 6. The summed E-state index contributed by atoms with van der Waals surface area (Å²) >= 11 is 0. The van der Waals surface area contributed by atoms with Crippen LogP contribution in [0, 0.1) is 6.92 Å². The van der Waals surface area contributed by atoms with E-state index in [4.69, 9.17) is 0 Å². The number of aryl methyl sites for hydroxylation is 1. The number of hydrogen-bond donors (Lipinski definition) is 0. The van der Waals surface area contributed by atoms with E-state index in [1.807, 2.05) is 37.3 Å². The van der Waals surface area contributed by atoms with Crippen molar-refractivity contribution in [2.45, 2.75) is 68.3 Å². The Bertz CT molecular complexity index is 1210. The molecule has 1 aliphatic carbocycles. The molecule has 0 amide bonds. The van der Waals surface area contributed by atoms with Gasteiger partial charge >= 0.3 is 0 Å². The molecule has 0 aromatic heterocycles. The SMILES string of the molecule is Cc1ccccc1N(C1CCN([C@@H]2CCCC[C@@H]2c2ccccc2)CC1)S(=O)(=O)c1ccccc1. The topological polar surface area (TPSA) is 40.6 Å². The molecule has 5 heteroatoms. The van der Waals surface area contributed by atoms with Gasteiger partial charge in [0.2, 0.25) is 0 Å². The predicted molar refractivity (Wildman–Crippen MR) is 143 cm³/mol. The highest BCUT2D eigenvalue weighted by Crippen LogP contribution is 2.39. The van der Waals surface area contributed by atoms with Crippen LogP contribution in [0.25, 0.3) is 0 Å². The molecule has 0 N–H and O–H groups in total. The Kier molecular flexibility index (Phi) is 7.26. The third-order valence-corrected chi connectivity index (χ3v) is 9.79. The molecule has 3 aromatic rings. The molecule has 0 radical (unpaired) electrons. The Morgan fingerprint density at radius 3 is 2.03 bits per heavy atom. The van der Waals surface area contributed by atoms with Crippen molar-refractivity contribution in [3.8, 4) is 0 Å². The van der Waals surface area contributed by atoms with Gasteiger partial charge in [-0.25, -0.2) is 8.42 Å². The van der Waals surface area contributed by atoms with Crippen molar-refractivity contribution in [2.24, 2.45) is 0 Å². The van der Waals surface area contributed by atoms with Gasteiger partial charge in [0, 0.05) is 25.2 Å². The van der Waals surface area contributed by atoms with Gasteiger partial charge in [-0.05, 0) is 67.9 Å². The lowest BCUT2D eigenvalue weighted by molar-refractivity contribution is 0.107. The first kappa shape index (κ1) is 24.1. The van der Waals surface area contributed by atoms with Crippen LogP contribution in [-0.2, 0) is 10.0 Å². The maximum absolute atomic E-state index is 13.9. The summed E-state index contributed by atoms with van der Waals surface area (Å²) in [5.74, 6) is 0.571. The molecule has 1 saturated heterocycles. The van der Waals surface area contributed by atoms with Crippen LogP contribution in [0.5, 0.6) is 0 Å². The maximum atomic E-state index is 13.9. The smallest absolute Gasteiger partial charge is 0.264 e. The molecule has 3 aromatic carbocycles. The van der Waals surface area contributed by atoms with Gasteiger partial charge in [0.25, 0.3) is 10.0 Å². The molecule has 0 unspecified atom stereocenters. The van der Waals surface area contributed by atoms with Crippen molar-refractivity contribution in [3.05, 3.63) is 96.1 Å². The molecule has 1 saturated carbocycles. The highest BCUT2D eigenvalue weighted by atomic mass is 32.2. The van der Waals surface area contributed by atoms with E-state index in [9.17, 15) is 8.42 Å². The van der Waals surface area contributed by atoms with E-state index in [0.29, 0.717) is 16.9 Å². The lowest BCUT2D eigenvalue weighted by Gasteiger charge is -2.45. The van der Waals surface area contributed by atoms with Crippen molar-refractivity contribution >= 4 is 15.7 Å². The average Bonchev–Trinajstić information content (AvgIpc) is 2.91. The lowest BCUT2D eigenvalue weighted by Crippen LogP contribution is -2.51. The number of likely N-dealkylation sites (tertiary alicyclic amines) is 1. The van der Waals surface area contributed by atoms with Gasteiger partial charge in [-0.2, -0.15) is 0 Å². The van der Waals surface area contributed by atoms with Gasteiger partial charge in [0.05, 0.1) is 10.6 Å². The van der Waals surface area contributed by atoms with Gasteiger partial charge in [-0.3, -0.25) is 9.21 Å². The van der Waals surface area contributed by atoms with Gasteiger partial charge in [0.1, 0.15) is 0 Å². The fraction of sp³-hybridized carbons (Fsp3) is 0.400. The highest BCUT2D eigenvalue weighted by molar-refractivity contribution is 7.92. The van der Waals surface area contributed by atoms with Crippen molar-refractivity contribution in [1.82, 2.24) is 4.90 Å². The molecule has 2 fully saturated rings. The maximum Gasteiger partial charge on any atom is 0.264 e. The van der Waals surface area contributed by atoms with Gasteiger partial charge in [-0.15, -0.1) is 0 Å². The molecule has 2 aliphatic rings. The number of sulfonamides is 1. The zero-order valence-corrected chi connectivity index (χ0v) is 21.4. The molecular formula is C30H36N2O2S. The van der Waals surface area contributed by atoms with Gasteiger partial charge in [0.15, 0.2) is 0 Å². The van der Waals surface area contributed by atoms with Crippen molar-refractivity contribution in [1.29, 1.82) is 0 Å². The second-order valence-electron chi connectivity index (χ2n) is 10.0. The Morgan fingerprint density at radius 2 is 1.34 bits per heavy atom. The molecule has 2 atom stereocenters. The van der Waals surface area contributed by atoms with Crippen LogP contribution in [0.15, 0.2) is 89.8 Å². The fourth-order valence-electron chi connectivity index (χ4n) is 6.13. The second kappa shape index (κ2) is 10.5. The summed E-state index contributed by atoms with van der Waals surface area (Å²) in [5, 5.41) is 0. The van der Waals surface area contributed by atoms with Crippen molar-refractivity contribution in [3.63, 3.8) is 0 Å². The molecule has 5 rings (SSSR count). The van der Waals surface area contributed by atoms with Crippen LogP contribution in [0.2, 0.25) is 0 Å². The van der Waals surface area contributed by atoms with Gasteiger partial charge in [-0.1, -0.05) is 79.6 Å².